The van der Waals surface area contributed by atoms with E-state index in [1.165, 1.54) is 22.0 Å². The molecule has 2 aromatic rings. The number of hydrogen-bond donors (Lipinski definition) is 2. The molecule has 2 aliphatic rings. The molecule has 0 spiro atoms. The van der Waals surface area contributed by atoms with Crippen LogP contribution in [-0.2, 0) is 6.42 Å². The summed E-state index contributed by atoms with van der Waals surface area (Å²) in [6.07, 6.45) is 6.37. The molecule has 21 heavy (non-hydrogen) atoms. The van der Waals surface area contributed by atoms with E-state index in [0.29, 0.717) is 17.9 Å². The van der Waals surface area contributed by atoms with E-state index >= 15 is 0 Å². The number of rotatable bonds is 3. The Kier molecular flexibility index (Phi) is 3.12. The number of H-pyrrole nitrogens is 1. The van der Waals surface area contributed by atoms with Crippen molar-refractivity contribution < 1.29 is 5.11 Å². The monoisotopic (exact) mass is 282 g/mol. The van der Waals surface area contributed by atoms with E-state index in [1.54, 1.807) is 0 Å². The number of hydrogen-bond acceptors (Lipinski definition) is 2. The van der Waals surface area contributed by atoms with Gasteiger partial charge in [0.1, 0.15) is 0 Å². The third kappa shape index (κ3) is 1.95. The van der Waals surface area contributed by atoms with Crippen LogP contribution in [0, 0.1) is 5.92 Å². The first-order chi connectivity index (χ1) is 10.3. The molecule has 1 fully saturated rings. The van der Waals surface area contributed by atoms with Crippen LogP contribution < -0.4 is 0 Å². The summed E-state index contributed by atoms with van der Waals surface area (Å²) in [5, 5.41) is 11.1. The van der Waals surface area contributed by atoms with Crippen LogP contribution in [0.15, 0.2) is 37.1 Å². The Morgan fingerprint density at radius 1 is 1.43 bits per heavy atom. The SMILES string of the molecule is C=CCN1CC(CO)C[C@H]2c3cccc4[nH]cc(c34)C[C@@H]21. The summed E-state index contributed by atoms with van der Waals surface area (Å²) >= 11 is 0. The minimum Gasteiger partial charge on any atom is -0.396 e. The van der Waals surface area contributed by atoms with Crippen molar-refractivity contribution in [2.75, 3.05) is 19.7 Å². The summed E-state index contributed by atoms with van der Waals surface area (Å²) in [5.74, 6) is 0.907. The molecule has 2 heterocycles. The zero-order chi connectivity index (χ0) is 14.4. The van der Waals surface area contributed by atoms with Crippen LogP contribution in [-0.4, -0.2) is 40.7 Å². The number of benzene rings is 1. The van der Waals surface area contributed by atoms with Gasteiger partial charge in [-0.2, -0.15) is 0 Å². The third-order valence-electron chi connectivity index (χ3n) is 5.28. The maximum absolute atomic E-state index is 9.66. The smallest absolute Gasteiger partial charge is 0.0471 e. The van der Waals surface area contributed by atoms with Gasteiger partial charge in [-0.25, -0.2) is 0 Å². The maximum atomic E-state index is 9.66. The molecule has 1 saturated heterocycles. The predicted molar refractivity (Wildman–Crippen MR) is 85.5 cm³/mol. The maximum Gasteiger partial charge on any atom is 0.0471 e. The molecule has 3 atom stereocenters. The number of aromatic nitrogens is 1. The minimum atomic E-state index is 0.285. The van der Waals surface area contributed by atoms with Crippen LogP contribution >= 0.6 is 0 Å². The first-order valence-corrected chi connectivity index (χ1v) is 7.86. The van der Waals surface area contributed by atoms with Crippen molar-refractivity contribution in [3.63, 3.8) is 0 Å². The molecule has 1 aliphatic carbocycles. The van der Waals surface area contributed by atoms with Gasteiger partial charge in [0.05, 0.1) is 0 Å². The Hall–Kier alpha value is -1.58. The standard InChI is InChI=1S/C18H22N2O/c1-2-6-20-10-12(11-21)7-15-14-4-3-5-16-18(14)13(9-19-16)8-17(15)20/h2-5,9,12,15,17,19,21H,1,6-8,10-11H2/t12?,15-,17-/m0/s1. The van der Waals surface area contributed by atoms with Crippen molar-refractivity contribution in [1.82, 2.24) is 9.88 Å². The molecule has 3 nitrogen and oxygen atoms in total. The van der Waals surface area contributed by atoms with Gasteiger partial charge in [0.25, 0.3) is 0 Å². The summed E-state index contributed by atoms with van der Waals surface area (Å²) in [5.41, 5.74) is 4.16. The molecule has 0 saturated carbocycles. The van der Waals surface area contributed by atoms with Gasteiger partial charge in [-0.05, 0) is 36.0 Å². The zero-order valence-corrected chi connectivity index (χ0v) is 12.3. The van der Waals surface area contributed by atoms with Crippen molar-refractivity contribution >= 4 is 10.9 Å². The van der Waals surface area contributed by atoms with Crippen LogP contribution in [0.25, 0.3) is 10.9 Å². The van der Waals surface area contributed by atoms with Crippen LogP contribution in [0.1, 0.15) is 23.5 Å². The topological polar surface area (TPSA) is 39.3 Å². The van der Waals surface area contributed by atoms with E-state index < -0.39 is 0 Å². The molecule has 1 aromatic heterocycles. The zero-order valence-electron chi connectivity index (χ0n) is 12.3. The molecular formula is C18H22N2O. The van der Waals surface area contributed by atoms with Gasteiger partial charge in [0, 0.05) is 48.8 Å². The Morgan fingerprint density at radius 2 is 2.33 bits per heavy atom. The van der Waals surface area contributed by atoms with Crippen molar-refractivity contribution in [2.45, 2.75) is 24.8 Å². The van der Waals surface area contributed by atoms with Gasteiger partial charge in [-0.3, -0.25) is 4.90 Å². The summed E-state index contributed by atoms with van der Waals surface area (Å²) in [4.78, 5) is 5.92. The molecule has 1 aromatic carbocycles. The lowest BCUT2D eigenvalue weighted by atomic mass is 9.72. The van der Waals surface area contributed by atoms with Gasteiger partial charge < -0.3 is 10.1 Å². The molecule has 1 aliphatic heterocycles. The number of aliphatic hydroxyl groups is 1. The first kappa shape index (κ1) is 13.1. The molecule has 110 valence electrons. The normalized spacial score (nSPS) is 28.5. The molecule has 1 unspecified atom stereocenters. The third-order valence-corrected chi connectivity index (χ3v) is 5.28. The highest BCUT2D eigenvalue weighted by Gasteiger charge is 2.40. The Labute approximate surface area is 125 Å². The van der Waals surface area contributed by atoms with Crippen LogP contribution in [0.5, 0.6) is 0 Å². The molecular weight excluding hydrogens is 260 g/mol. The Morgan fingerprint density at radius 3 is 3.14 bits per heavy atom. The number of aromatic amines is 1. The fraction of sp³-hybridized carbons (Fsp3) is 0.444. The predicted octanol–water partition coefficient (Wildman–Crippen LogP) is 2.68. The van der Waals surface area contributed by atoms with Gasteiger partial charge in [-0.15, -0.1) is 6.58 Å². The van der Waals surface area contributed by atoms with Crippen LogP contribution in [0.2, 0.25) is 0 Å². The van der Waals surface area contributed by atoms with Crippen molar-refractivity contribution in [1.29, 1.82) is 0 Å². The summed E-state index contributed by atoms with van der Waals surface area (Å²) in [6.45, 7) is 6.09. The molecule has 3 heteroatoms. The second-order valence-electron chi connectivity index (χ2n) is 6.49. The van der Waals surface area contributed by atoms with Crippen LogP contribution in [0.4, 0.5) is 0 Å². The molecule has 0 bridgehead atoms. The summed E-state index contributed by atoms with van der Waals surface area (Å²) in [7, 11) is 0. The highest BCUT2D eigenvalue weighted by Crippen LogP contribution is 2.44. The lowest BCUT2D eigenvalue weighted by Crippen LogP contribution is -2.50. The average molecular weight is 282 g/mol. The van der Waals surface area contributed by atoms with Crippen molar-refractivity contribution in [3.8, 4) is 0 Å². The Bertz CT molecular complexity index is 675. The highest BCUT2D eigenvalue weighted by molar-refractivity contribution is 5.88. The minimum absolute atomic E-state index is 0.285. The van der Waals surface area contributed by atoms with Gasteiger partial charge in [0.2, 0.25) is 0 Å². The molecule has 0 radical (unpaired) electrons. The molecule has 0 amide bonds. The fourth-order valence-electron chi connectivity index (χ4n) is 4.41. The lowest BCUT2D eigenvalue weighted by molar-refractivity contribution is 0.0660. The number of fused-ring (bicyclic) bond motifs is 2. The quantitative estimate of drug-likeness (QED) is 0.850. The summed E-state index contributed by atoms with van der Waals surface area (Å²) in [6, 6.07) is 7.14. The van der Waals surface area contributed by atoms with Gasteiger partial charge in [-0.1, -0.05) is 18.2 Å². The van der Waals surface area contributed by atoms with Gasteiger partial charge in [0.15, 0.2) is 0 Å². The second-order valence-corrected chi connectivity index (χ2v) is 6.49. The Balaban J connectivity index is 1.81. The molecule has 4 rings (SSSR count). The van der Waals surface area contributed by atoms with Crippen molar-refractivity contribution in [2.24, 2.45) is 5.92 Å². The largest absolute Gasteiger partial charge is 0.396 e. The van der Waals surface area contributed by atoms with Crippen LogP contribution in [0.3, 0.4) is 0 Å². The number of aliphatic hydroxyl groups excluding tert-OH is 1. The highest BCUT2D eigenvalue weighted by atomic mass is 16.3. The first-order valence-electron chi connectivity index (χ1n) is 7.86. The van der Waals surface area contributed by atoms with E-state index in [0.717, 1.165) is 25.9 Å². The number of likely N-dealkylation sites (tertiary alicyclic amines) is 1. The van der Waals surface area contributed by atoms with E-state index in [9.17, 15) is 5.11 Å². The fourth-order valence-corrected chi connectivity index (χ4v) is 4.41. The van der Waals surface area contributed by atoms with Gasteiger partial charge >= 0.3 is 0 Å². The number of nitrogens with zero attached hydrogens (tertiary/aromatic N) is 1. The second kappa shape index (κ2) is 5.00. The molecule has 2 N–H and O–H groups in total. The number of nitrogens with one attached hydrogen (secondary N) is 1. The van der Waals surface area contributed by atoms with E-state index in [2.05, 4.69) is 40.9 Å². The van der Waals surface area contributed by atoms with Crippen molar-refractivity contribution in [3.05, 3.63) is 48.2 Å². The van der Waals surface area contributed by atoms with E-state index in [-0.39, 0.29) is 6.61 Å². The van der Waals surface area contributed by atoms with E-state index in [1.807, 2.05) is 6.08 Å². The number of piperidine rings is 1. The lowest BCUT2D eigenvalue weighted by Gasteiger charge is -2.46. The average Bonchev–Trinajstić information content (AvgIpc) is 2.93. The van der Waals surface area contributed by atoms with E-state index in [4.69, 9.17) is 0 Å². The summed E-state index contributed by atoms with van der Waals surface area (Å²) < 4.78 is 0.